The van der Waals surface area contributed by atoms with Crippen molar-refractivity contribution < 1.29 is 9.18 Å². The molecule has 1 amide bonds. The first-order valence-electron chi connectivity index (χ1n) is 4.97. The summed E-state index contributed by atoms with van der Waals surface area (Å²) in [5.41, 5.74) is -0.0763. The Bertz CT molecular complexity index is 470. The molecule has 0 saturated heterocycles. The van der Waals surface area contributed by atoms with Gasteiger partial charge in [0.05, 0.1) is 17.8 Å². The first kappa shape index (κ1) is 13.4. The Labute approximate surface area is 103 Å². The van der Waals surface area contributed by atoms with E-state index in [0.717, 1.165) is 12.3 Å². The summed E-state index contributed by atoms with van der Waals surface area (Å²) in [7, 11) is 0. The van der Waals surface area contributed by atoms with Crippen molar-refractivity contribution >= 4 is 17.5 Å². The number of carbonyl (C=O) groups excluding carboxylic acids is 1. The molecule has 0 aliphatic carbocycles. The van der Waals surface area contributed by atoms with Crippen molar-refractivity contribution in [2.75, 3.05) is 0 Å². The highest BCUT2D eigenvalue weighted by molar-refractivity contribution is 6.32. The van der Waals surface area contributed by atoms with E-state index in [1.807, 2.05) is 6.07 Å². The third kappa shape index (κ3) is 3.40. The standard InChI is InChI=1S/C11H11ClFN3O/c1-6(2)9(4-14)16-11(17)8-3-7(13)5-15-10(8)12/h3,5-6,9H,1-2H3,(H,16,17). The van der Waals surface area contributed by atoms with Gasteiger partial charge in [0.25, 0.3) is 5.91 Å². The maximum Gasteiger partial charge on any atom is 0.255 e. The minimum absolute atomic E-state index is 0.0516. The molecule has 6 heteroatoms. The van der Waals surface area contributed by atoms with Gasteiger partial charge < -0.3 is 5.32 Å². The maximum atomic E-state index is 12.9. The van der Waals surface area contributed by atoms with Gasteiger partial charge in [-0.1, -0.05) is 25.4 Å². The molecule has 1 N–H and O–H groups in total. The minimum atomic E-state index is -0.655. The van der Waals surface area contributed by atoms with Gasteiger partial charge in [0.15, 0.2) is 0 Å². The van der Waals surface area contributed by atoms with Gasteiger partial charge in [0.2, 0.25) is 0 Å². The van der Waals surface area contributed by atoms with E-state index < -0.39 is 17.8 Å². The Balaban J connectivity index is 2.90. The quantitative estimate of drug-likeness (QED) is 0.842. The zero-order valence-electron chi connectivity index (χ0n) is 9.37. The lowest BCUT2D eigenvalue weighted by Crippen LogP contribution is -2.37. The summed E-state index contributed by atoms with van der Waals surface area (Å²) in [5, 5.41) is 11.2. The van der Waals surface area contributed by atoms with Crippen molar-refractivity contribution in [2.24, 2.45) is 5.92 Å². The molecule has 1 rings (SSSR count). The van der Waals surface area contributed by atoms with Crippen LogP contribution in [-0.4, -0.2) is 16.9 Å². The van der Waals surface area contributed by atoms with Crippen molar-refractivity contribution in [1.82, 2.24) is 10.3 Å². The fraction of sp³-hybridized carbons (Fsp3) is 0.364. The highest BCUT2D eigenvalue weighted by Gasteiger charge is 2.19. The van der Waals surface area contributed by atoms with Crippen LogP contribution in [0.3, 0.4) is 0 Å². The van der Waals surface area contributed by atoms with Crippen molar-refractivity contribution in [3.63, 3.8) is 0 Å². The summed E-state index contributed by atoms with van der Waals surface area (Å²) in [5.74, 6) is -1.32. The molecular weight excluding hydrogens is 245 g/mol. The van der Waals surface area contributed by atoms with Crippen LogP contribution in [-0.2, 0) is 0 Å². The summed E-state index contributed by atoms with van der Waals surface area (Å²) in [6, 6.07) is 2.28. The Morgan fingerprint density at radius 2 is 2.29 bits per heavy atom. The molecule has 0 fully saturated rings. The molecule has 0 aliphatic rings. The highest BCUT2D eigenvalue weighted by atomic mass is 35.5. The van der Waals surface area contributed by atoms with E-state index in [1.165, 1.54) is 0 Å². The van der Waals surface area contributed by atoms with Gasteiger partial charge in [0, 0.05) is 0 Å². The Morgan fingerprint density at radius 1 is 1.65 bits per heavy atom. The smallest absolute Gasteiger partial charge is 0.255 e. The summed E-state index contributed by atoms with van der Waals surface area (Å²) < 4.78 is 12.9. The molecule has 4 nitrogen and oxygen atoms in total. The van der Waals surface area contributed by atoms with Crippen molar-refractivity contribution in [2.45, 2.75) is 19.9 Å². The summed E-state index contributed by atoms with van der Waals surface area (Å²) >= 11 is 5.68. The van der Waals surface area contributed by atoms with Crippen LogP contribution in [0.1, 0.15) is 24.2 Å². The predicted molar refractivity (Wildman–Crippen MR) is 60.9 cm³/mol. The molecular formula is C11H11ClFN3O. The second-order valence-electron chi connectivity index (χ2n) is 3.82. The van der Waals surface area contributed by atoms with Crippen LogP contribution in [0.4, 0.5) is 4.39 Å². The van der Waals surface area contributed by atoms with Gasteiger partial charge >= 0.3 is 0 Å². The van der Waals surface area contributed by atoms with E-state index in [4.69, 9.17) is 16.9 Å². The predicted octanol–water partition coefficient (Wildman–Crippen LogP) is 2.15. The van der Waals surface area contributed by atoms with Crippen LogP contribution >= 0.6 is 11.6 Å². The highest BCUT2D eigenvalue weighted by Crippen LogP contribution is 2.14. The average Bonchev–Trinajstić information content (AvgIpc) is 2.28. The number of halogens is 2. The molecule has 0 spiro atoms. The lowest BCUT2D eigenvalue weighted by atomic mass is 10.1. The number of pyridine rings is 1. The monoisotopic (exact) mass is 255 g/mol. The number of rotatable bonds is 3. The zero-order chi connectivity index (χ0) is 13.0. The van der Waals surface area contributed by atoms with Gasteiger partial charge in [-0.05, 0) is 12.0 Å². The molecule has 1 heterocycles. The SMILES string of the molecule is CC(C)C(C#N)NC(=O)c1cc(F)cnc1Cl. The van der Waals surface area contributed by atoms with E-state index in [1.54, 1.807) is 13.8 Å². The topological polar surface area (TPSA) is 65.8 Å². The van der Waals surface area contributed by atoms with E-state index >= 15 is 0 Å². The van der Waals surface area contributed by atoms with Crippen LogP contribution in [0, 0.1) is 23.1 Å². The molecule has 0 saturated carbocycles. The van der Waals surface area contributed by atoms with E-state index in [-0.39, 0.29) is 16.6 Å². The Hall–Kier alpha value is -1.67. The molecule has 0 radical (unpaired) electrons. The van der Waals surface area contributed by atoms with Crippen LogP contribution in [0.2, 0.25) is 5.15 Å². The van der Waals surface area contributed by atoms with E-state index in [2.05, 4.69) is 10.3 Å². The van der Waals surface area contributed by atoms with Gasteiger partial charge in [-0.3, -0.25) is 4.79 Å². The van der Waals surface area contributed by atoms with Crippen molar-refractivity contribution in [3.05, 3.63) is 28.8 Å². The molecule has 17 heavy (non-hydrogen) atoms. The number of hydrogen-bond acceptors (Lipinski definition) is 3. The van der Waals surface area contributed by atoms with E-state index in [0.29, 0.717) is 0 Å². The lowest BCUT2D eigenvalue weighted by Gasteiger charge is -2.15. The average molecular weight is 256 g/mol. The second-order valence-corrected chi connectivity index (χ2v) is 4.17. The second kappa shape index (κ2) is 5.60. The molecule has 0 bridgehead atoms. The number of nitrogens with one attached hydrogen (secondary N) is 1. The molecule has 0 aromatic carbocycles. The van der Waals surface area contributed by atoms with Crippen molar-refractivity contribution in [1.29, 1.82) is 5.26 Å². The first-order chi connectivity index (χ1) is 7.95. The summed E-state index contributed by atoms with van der Waals surface area (Å²) in [4.78, 5) is 15.3. The Morgan fingerprint density at radius 3 is 2.82 bits per heavy atom. The number of nitriles is 1. The zero-order valence-corrected chi connectivity index (χ0v) is 10.1. The number of amides is 1. The number of carbonyl (C=O) groups is 1. The first-order valence-corrected chi connectivity index (χ1v) is 5.35. The fourth-order valence-electron chi connectivity index (χ4n) is 1.15. The van der Waals surface area contributed by atoms with Crippen LogP contribution in [0.25, 0.3) is 0 Å². The molecule has 90 valence electrons. The van der Waals surface area contributed by atoms with Gasteiger partial charge in [-0.15, -0.1) is 0 Å². The van der Waals surface area contributed by atoms with E-state index in [9.17, 15) is 9.18 Å². The largest absolute Gasteiger partial charge is 0.336 e. The summed E-state index contributed by atoms with van der Waals surface area (Å²) in [6.07, 6.45) is 0.920. The van der Waals surface area contributed by atoms with Crippen LogP contribution < -0.4 is 5.32 Å². The van der Waals surface area contributed by atoms with Crippen molar-refractivity contribution in [3.8, 4) is 6.07 Å². The van der Waals surface area contributed by atoms with Gasteiger partial charge in [-0.2, -0.15) is 5.26 Å². The molecule has 1 unspecified atom stereocenters. The Kier molecular flexibility index (Phi) is 4.41. The fourth-order valence-corrected chi connectivity index (χ4v) is 1.34. The molecule has 1 aromatic rings. The number of aromatic nitrogens is 1. The molecule has 1 aromatic heterocycles. The molecule has 0 aliphatic heterocycles. The molecule has 1 atom stereocenters. The maximum absolute atomic E-state index is 12.9. The van der Waals surface area contributed by atoms with Gasteiger partial charge in [0.1, 0.15) is 17.0 Å². The summed E-state index contributed by atoms with van der Waals surface area (Å²) in [6.45, 7) is 3.58. The number of nitrogens with zero attached hydrogens (tertiary/aromatic N) is 2. The lowest BCUT2D eigenvalue weighted by molar-refractivity contribution is 0.0937. The normalized spacial score (nSPS) is 12.0. The van der Waals surface area contributed by atoms with Gasteiger partial charge in [-0.25, -0.2) is 9.37 Å². The third-order valence-corrected chi connectivity index (χ3v) is 2.44. The number of hydrogen-bond donors (Lipinski definition) is 1. The van der Waals surface area contributed by atoms with Crippen LogP contribution in [0.15, 0.2) is 12.3 Å². The minimum Gasteiger partial charge on any atom is -0.336 e. The van der Waals surface area contributed by atoms with Crippen LogP contribution in [0.5, 0.6) is 0 Å². The third-order valence-electron chi connectivity index (χ3n) is 2.14.